The van der Waals surface area contributed by atoms with Crippen LogP contribution < -0.4 is 14.5 Å². The third-order valence-corrected chi connectivity index (χ3v) is 15.9. The van der Waals surface area contributed by atoms with Gasteiger partial charge >= 0.3 is 24.1 Å². The lowest BCUT2D eigenvalue weighted by Crippen LogP contribution is -2.45. The molecular weight excluding hydrogens is 1180 g/mol. The fraction of sp³-hybridized carbons (Fsp3) is 0.571. The summed E-state index contributed by atoms with van der Waals surface area (Å²) in [6.07, 6.45) is 12.7. The Hall–Kier alpha value is -6.56. The lowest BCUT2D eigenvalue weighted by Gasteiger charge is -2.29. The average Bonchev–Trinajstić information content (AvgIpc) is 2.05. The SMILES string of the molecule is CC(C)(C)OC(=O)CCN(CC(=O)N1CCc2cc(O)ccc21)C(=O)OC(C)(C)C.CC(C)(C)OC(=O)CCN(CC(=O)N1CCc2cc(OCc3ccc(C4CCCCC4)c(Cl)c3)ccc21)C(=O)OC(C)(C)C.OCc1ccc(C2CCCCC2)c(Cl)c1. The molecular formula is C70H96Cl2N4O13. The van der Waals surface area contributed by atoms with Crippen LogP contribution in [0.2, 0.25) is 10.0 Å². The van der Waals surface area contributed by atoms with E-state index in [9.17, 15) is 33.9 Å². The maximum Gasteiger partial charge on any atom is 0.410 e. The van der Waals surface area contributed by atoms with Crippen LogP contribution in [-0.2, 0) is 64.2 Å². The molecule has 2 aliphatic heterocycles. The minimum atomic E-state index is -0.746. The van der Waals surface area contributed by atoms with E-state index < -0.39 is 46.5 Å². The quantitative estimate of drug-likeness (QED) is 0.0793. The molecule has 89 heavy (non-hydrogen) atoms. The number of hydrogen-bond donors (Lipinski definition) is 2. The molecule has 2 saturated carbocycles. The summed E-state index contributed by atoms with van der Waals surface area (Å²) in [6.45, 7) is 22.1. The minimum Gasteiger partial charge on any atom is -0.508 e. The Morgan fingerprint density at radius 3 is 1.34 bits per heavy atom. The van der Waals surface area contributed by atoms with E-state index in [2.05, 4.69) is 18.2 Å². The van der Waals surface area contributed by atoms with E-state index in [4.69, 9.17) is 52.0 Å². The number of carbonyl (C=O) groups is 6. The van der Waals surface area contributed by atoms with Gasteiger partial charge in [-0.2, -0.15) is 0 Å². The largest absolute Gasteiger partial charge is 0.508 e. The van der Waals surface area contributed by atoms with Gasteiger partial charge in [-0.3, -0.25) is 29.0 Å². The van der Waals surface area contributed by atoms with Crippen LogP contribution in [0, 0.1) is 0 Å². The number of halogens is 2. The molecule has 4 aliphatic rings. The number of anilines is 2. The first-order chi connectivity index (χ1) is 41.7. The van der Waals surface area contributed by atoms with Crippen LogP contribution in [0.3, 0.4) is 0 Å². The number of amides is 4. The molecule has 0 bridgehead atoms. The van der Waals surface area contributed by atoms with Crippen LogP contribution in [0.5, 0.6) is 11.5 Å². The highest BCUT2D eigenvalue weighted by molar-refractivity contribution is 6.31. The summed E-state index contributed by atoms with van der Waals surface area (Å²) in [5, 5.41) is 20.3. The van der Waals surface area contributed by atoms with Gasteiger partial charge in [-0.05, 0) is 215 Å². The van der Waals surface area contributed by atoms with Gasteiger partial charge in [0.2, 0.25) is 11.8 Å². The fourth-order valence-corrected chi connectivity index (χ4v) is 11.9. The molecule has 2 fully saturated rings. The number of aromatic hydroxyl groups is 1. The number of fused-ring (bicyclic) bond motifs is 2. The van der Waals surface area contributed by atoms with E-state index in [0.29, 0.717) is 50.1 Å². The fourth-order valence-electron chi connectivity index (χ4n) is 11.2. The van der Waals surface area contributed by atoms with Crippen molar-refractivity contribution in [3.8, 4) is 11.5 Å². The van der Waals surface area contributed by atoms with E-state index >= 15 is 0 Å². The summed E-state index contributed by atoms with van der Waals surface area (Å²) >= 11 is 12.9. The van der Waals surface area contributed by atoms with Crippen molar-refractivity contribution in [2.45, 2.75) is 220 Å². The van der Waals surface area contributed by atoms with E-state index in [0.717, 1.165) is 43.7 Å². The van der Waals surface area contributed by atoms with Crippen LogP contribution in [0.1, 0.15) is 205 Å². The number of hydrogen-bond acceptors (Lipinski definition) is 13. The topological polar surface area (TPSA) is 202 Å². The Morgan fingerprint density at radius 2 is 0.921 bits per heavy atom. The lowest BCUT2D eigenvalue weighted by atomic mass is 9.84. The van der Waals surface area contributed by atoms with Crippen molar-refractivity contribution in [3.05, 3.63) is 116 Å². The number of nitrogens with zero attached hydrogens (tertiary/aromatic N) is 4. The van der Waals surface area contributed by atoms with Crippen molar-refractivity contribution in [3.63, 3.8) is 0 Å². The molecule has 19 heteroatoms. The summed E-state index contributed by atoms with van der Waals surface area (Å²) in [7, 11) is 0. The number of aliphatic hydroxyl groups excluding tert-OH is 1. The standard InChI is InChI=1S/C35H47ClN2O6.C22H32N2O6.C13H17ClO/c1-34(2,3)43-32(40)17-18-37(33(41)44-35(4,5)6)22-31(39)38-19-16-26-21-27(13-15-30(26)38)42-23-24-12-14-28(29(36)20-24)25-10-8-7-9-11-25;1-21(2,3)29-19(27)10-11-23(20(28)30-22(4,5)6)14-18(26)24-12-9-15-13-16(25)7-8-17(15)24;14-13-8-10(9-15)6-7-12(13)11-4-2-1-3-5-11/h12-15,20-21,25H,7-11,16-19,22-23H2,1-6H3;7-8,13,25H,9-12,14H2,1-6H3;6-8,11,15H,1-5,9H2. The molecule has 0 spiro atoms. The number of phenols is 1. The van der Waals surface area contributed by atoms with Gasteiger partial charge in [0, 0.05) is 47.6 Å². The van der Waals surface area contributed by atoms with Crippen LogP contribution in [0.25, 0.3) is 0 Å². The molecule has 0 radical (unpaired) electrons. The zero-order chi connectivity index (χ0) is 65.4. The minimum absolute atomic E-state index is 0.00580. The molecule has 4 aromatic rings. The van der Waals surface area contributed by atoms with E-state index in [-0.39, 0.29) is 63.2 Å². The van der Waals surface area contributed by atoms with Crippen molar-refractivity contribution in [1.29, 1.82) is 0 Å². The Balaban J connectivity index is 0.000000240. The predicted molar refractivity (Wildman–Crippen MR) is 348 cm³/mol. The first-order valence-corrected chi connectivity index (χ1v) is 32.3. The number of aliphatic hydroxyl groups is 1. The Morgan fingerprint density at radius 1 is 0.517 bits per heavy atom. The number of phenolic OH excluding ortho intramolecular Hbond substituents is 1. The normalized spacial score (nSPS) is 15.3. The molecule has 17 nitrogen and oxygen atoms in total. The van der Waals surface area contributed by atoms with Gasteiger partial charge < -0.3 is 43.7 Å². The van der Waals surface area contributed by atoms with Crippen LogP contribution in [0.4, 0.5) is 21.0 Å². The second-order valence-electron chi connectivity index (χ2n) is 27.5. The summed E-state index contributed by atoms with van der Waals surface area (Å²) in [6, 6.07) is 22.8. The van der Waals surface area contributed by atoms with Gasteiger partial charge in [0.25, 0.3) is 0 Å². The highest BCUT2D eigenvalue weighted by Gasteiger charge is 2.33. The first-order valence-electron chi connectivity index (χ1n) is 31.5. The Kier molecular flexibility index (Phi) is 25.7. The van der Waals surface area contributed by atoms with Gasteiger partial charge in [-0.25, -0.2) is 9.59 Å². The van der Waals surface area contributed by atoms with Crippen molar-refractivity contribution in [2.75, 3.05) is 49.1 Å². The van der Waals surface area contributed by atoms with Gasteiger partial charge in [0.15, 0.2) is 0 Å². The third kappa shape index (κ3) is 23.3. The number of rotatable bonds is 16. The van der Waals surface area contributed by atoms with E-state index in [1.54, 1.807) is 105 Å². The maximum absolute atomic E-state index is 13.4. The van der Waals surface area contributed by atoms with Crippen molar-refractivity contribution >= 4 is 70.5 Å². The molecule has 2 aliphatic carbocycles. The molecule has 4 amide bonds. The molecule has 2 N–H and O–H groups in total. The summed E-state index contributed by atoms with van der Waals surface area (Å²) in [5.41, 5.74) is 5.06. The van der Waals surface area contributed by atoms with Gasteiger partial charge in [-0.15, -0.1) is 0 Å². The highest BCUT2D eigenvalue weighted by atomic mass is 35.5. The van der Waals surface area contributed by atoms with E-state index in [1.165, 1.54) is 91.2 Å². The molecule has 0 aromatic heterocycles. The van der Waals surface area contributed by atoms with Gasteiger partial charge in [0.1, 0.15) is 53.6 Å². The number of esters is 2. The van der Waals surface area contributed by atoms with Crippen molar-refractivity contribution in [2.24, 2.45) is 0 Å². The molecule has 4 aromatic carbocycles. The number of benzene rings is 4. The van der Waals surface area contributed by atoms with Crippen LogP contribution in [0.15, 0.2) is 72.8 Å². The zero-order valence-electron chi connectivity index (χ0n) is 54.6. The monoisotopic (exact) mass is 1270 g/mol. The third-order valence-electron chi connectivity index (χ3n) is 15.3. The predicted octanol–water partition coefficient (Wildman–Crippen LogP) is 15.0. The second kappa shape index (κ2) is 31.9. The number of carbonyl (C=O) groups excluding carboxylic acids is 6. The first kappa shape index (κ1) is 71.5. The van der Waals surface area contributed by atoms with Crippen molar-refractivity contribution in [1.82, 2.24) is 9.80 Å². The molecule has 8 rings (SSSR count). The van der Waals surface area contributed by atoms with Gasteiger partial charge in [0.05, 0.1) is 19.4 Å². The Bertz CT molecular complexity index is 3070. The van der Waals surface area contributed by atoms with Gasteiger partial charge in [-0.1, -0.05) is 86.0 Å². The lowest BCUT2D eigenvalue weighted by molar-refractivity contribution is -0.156. The summed E-state index contributed by atoms with van der Waals surface area (Å²) in [5.74, 6) is 0.628. The number of ether oxygens (including phenoxy) is 5. The smallest absolute Gasteiger partial charge is 0.410 e. The highest BCUT2D eigenvalue weighted by Crippen LogP contribution is 2.39. The molecule has 0 atom stereocenters. The average molecular weight is 1270 g/mol. The van der Waals surface area contributed by atoms with E-state index in [1.807, 2.05) is 36.4 Å². The summed E-state index contributed by atoms with van der Waals surface area (Å²) < 4.78 is 27.7. The molecule has 0 unspecified atom stereocenters. The Labute approximate surface area is 537 Å². The molecule has 2 heterocycles. The van der Waals surface area contributed by atoms with Crippen molar-refractivity contribution < 1.29 is 62.7 Å². The van der Waals surface area contributed by atoms with Crippen LogP contribution in [-0.4, -0.2) is 118 Å². The maximum atomic E-state index is 13.4. The second-order valence-corrected chi connectivity index (χ2v) is 28.3. The van der Waals surface area contributed by atoms with Crippen LogP contribution >= 0.6 is 23.2 Å². The zero-order valence-corrected chi connectivity index (χ0v) is 56.1. The molecule has 488 valence electrons. The summed E-state index contributed by atoms with van der Waals surface area (Å²) in [4.78, 5) is 82.2. The molecule has 0 saturated heterocycles.